The van der Waals surface area contributed by atoms with Crippen molar-refractivity contribution in [2.24, 2.45) is 0 Å². The number of alkyl halides is 6. The van der Waals surface area contributed by atoms with Crippen molar-refractivity contribution in [3.05, 3.63) is 106 Å². The molecule has 0 aliphatic rings. The summed E-state index contributed by atoms with van der Waals surface area (Å²) in [6.07, 6.45) is -10.1. The second kappa shape index (κ2) is 11.6. The van der Waals surface area contributed by atoms with Crippen molar-refractivity contribution < 1.29 is 36.2 Å². The van der Waals surface area contributed by atoms with E-state index in [4.69, 9.17) is 11.6 Å². The maximum atomic E-state index is 14.1. The van der Waals surface area contributed by atoms with Crippen LogP contribution in [0.2, 0.25) is 5.02 Å². The van der Waals surface area contributed by atoms with E-state index in [9.17, 15) is 36.2 Å². The molecule has 0 aliphatic carbocycles. The molecule has 0 atom stereocenters. The van der Waals surface area contributed by atoms with Gasteiger partial charge in [0.25, 0.3) is 0 Å². The molecule has 0 radical (unpaired) electrons. The van der Waals surface area contributed by atoms with Gasteiger partial charge in [0.2, 0.25) is 5.78 Å². The van der Waals surface area contributed by atoms with Crippen LogP contribution in [0.5, 0.6) is 0 Å². The Morgan fingerprint density at radius 2 is 1.42 bits per heavy atom. The summed E-state index contributed by atoms with van der Waals surface area (Å²) >= 11 is 6.35. The average molecular weight is 621 g/mol. The van der Waals surface area contributed by atoms with Crippen molar-refractivity contribution in [3.8, 4) is 22.5 Å². The number of aromatic nitrogens is 6. The highest BCUT2D eigenvalue weighted by atomic mass is 35.5. The van der Waals surface area contributed by atoms with Gasteiger partial charge in [-0.2, -0.15) is 26.3 Å². The third kappa shape index (κ3) is 6.15. The number of ketones is 1. The number of carbonyl (C=O) groups is 1. The van der Waals surface area contributed by atoms with Gasteiger partial charge in [-0.25, -0.2) is 9.36 Å². The fourth-order valence-electron chi connectivity index (χ4n) is 4.48. The van der Waals surface area contributed by atoms with Gasteiger partial charge >= 0.3 is 12.4 Å². The number of hydrogen-bond acceptors (Lipinski definition) is 6. The molecule has 2 heterocycles. The van der Waals surface area contributed by atoms with Gasteiger partial charge in [-0.3, -0.25) is 4.79 Å². The van der Waals surface area contributed by atoms with Crippen LogP contribution in [0.1, 0.15) is 32.9 Å². The highest BCUT2D eigenvalue weighted by molar-refractivity contribution is 6.33. The third-order valence-corrected chi connectivity index (χ3v) is 6.70. The zero-order valence-corrected chi connectivity index (χ0v) is 22.5. The largest absolute Gasteiger partial charge is 0.416 e. The zero-order valence-electron chi connectivity index (χ0n) is 21.7. The second-order valence-electron chi connectivity index (χ2n) is 9.27. The van der Waals surface area contributed by atoms with Crippen molar-refractivity contribution in [1.29, 1.82) is 0 Å². The van der Waals surface area contributed by atoms with Crippen LogP contribution in [-0.4, -0.2) is 47.5 Å². The fraction of sp³-hybridized carbons (Fsp3) is 0.179. The van der Waals surface area contributed by atoms with E-state index >= 15 is 0 Å². The summed E-state index contributed by atoms with van der Waals surface area (Å²) in [5, 5.41) is 25.8. The van der Waals surface area contributed by atoms with Crippen LogP contribution in [-0.2, 0) is 25.4 Å². The summed E-state index contributed by atoms with van der Waals surface area (Å²) in [5.41, 5.74) is -2.91. The number of nitrogens with zero attached hydrogens (tertiary/aromatic N) is 6. The number of benzene rings is 3. The molecule has 5 rings (SSSR count). The lowest BCUT2D eigenvalue weighted by Gasteiger charge is -2.15. The third-order valence-electron chi connectivity index (χ3n) is 6.37. The van der Waals surface area contributed by atoms with Gasteiger partial charge in [-0.15, -0.1) is 10.2 Å². The minimum atomic E-state index is -5.05. The van der Waals surface area contributed by atoms with E-state index in [0.29, 0.717) is 23.3 Å². The van der Waals surface area contributed by atoms with Crippen LogP contribution in [0, 0.1) is 0 Å². The normalized spacial score (nSPS) is 12.1. The highest BCUT2D eigenvalue weighted by Crippen LogP contribution is 2.37. The Morgan fingerprint density at radius 3 is 2.02 bits per heavy atom. The molecule has 0 unspecified atom stereocenters. The molecule has 0 saturated carbocycles. The van der Waals surface area contributed by atoms with Crippen LogP contribution in [0.4, 0.5) is 26.3 Å². The standard InChI is InChI=1S/C28H19ClF6N6O2/c29-21-9-5-4-8-20(21)22-25(40(10-11-42)38-36-22)26(43)23-24(17-6-2-1-3-7-17)41(39-37-23)15-16-12-18(27(30,31)32)14-19(13-16)28(33,34)35/h1-9,12-14,42H,10-11,15H2. The van der Waals surface area contributed by atoms with E-state index in [1.807, 2.05) is 0 Å². The zero-order chi connectivity index (χ0) is 30.9. The quantitative estimate of drug-likeness (QED) is 0.165. The monoisotopic (exact) mass is 620 g/mol. The lowest BCUT2D eigenvalue weighted by Crippen LogP contribution is -2.16. The Kier molecular flexibility index (Phi) is 8.08. The number of rotatable bonds is 8. The number of carbonyl (C=O) groups excluding carboxylic acids is 1. The molecule has 0 bridgehead atoms. The summed E-state index contributed by atoms with van der Waals surface area (Å²) < 4.78 is 83.2. The molecule has 8 nitrogen and oxygen atoms in total. The van der Waals surface area contributed by atoms with E-state index in [1.54, 1.807) is 54.6 Å². The summed E-state index contributed by atoms with van der Waals surface area (Å²) in [7, 11) is 0. The molecule has 0 aliphatic heterocycles. The number of aliphatic hydroxyl groups excluding tert-OH is 1. The summed E-state index contributed by atoms with van der Waals surface area (Å²) in [6.45, 7) is -1.11. The molecular formula is C28H19ClF6N6O2. The van der Waals surface area contributed by atoms with Crippen molar-refractivity contribution in [3.63, 3.8) is 0 Å². The Labute approximate surface area is 244 Å². The van der Waals surface area contributed by atoms with Crippen molar-refractivity contribution in [1.82, 2.24) is 30.0 Å². The first-order chi connectivity index (χ1) is 20.4. The molecule has 0 saturated heterocycles. The van der Waals surface area contributed by atoms with E-state index in [2.05, 4.69) is 20.6 Å². The summed E-state index contributed by atoms with van der Waals surface area (Å²) in [4.78, 5) is 14.1. The van der Waals surface area contributed by atoms with Gasteiger partial charge in [0, 0.05) is 11.1 Å². The Hall–Kier alpha value is -4.56. The van der Waals surface area contributed by atoms with Gasteiger partial charge in [-0.05, 0) is 29.8 Å². The maximum Gasteiger partial charge on any atom is 0.416 e. The molecule has 3 aromatic carbocycles. The number of halogens is 7. The van der Waals surface area contributed by atoms with E-state index in [1.165, 1.54) is 0 Å². The number of aliphatic hydroxyl groups is 1. The molecule has 43 heavy (non-hydrogen) atoms. The molecule has 15 heteroatoms. The molecule has 1 N–H and O–H groups in total. The van der Waals surface area contributed by atoms with Crippen LogP contribution in [0.25, 0.3) is 22.5 Å². The van der Waals surface area contributed by atoms with Gasteiger partial charge in [0.15, 0.2) is 5.69 Å². The molecule has 222 valence electrons. The molecular weight excluding hydrogens is 602 g/mol. The molecule has 2 aromatic heterocycles. The predicted octanol–water partition coefficient (Wildman–Crippen LogP) is 6.17. The van der Waals surface area contributed by atoms with Gasteiger partial charge in [-0.1, -0.05) is 70.6 Å². The average Bonchev–Trinajstić information content (AvgIpc) is 3.57. The van der Waals surface area contributed by atoms with Crippen molar-refractivity contribution in [2.75, 3.05) is 6.61 Å². The first-order valence-corrected chi connectivity index (χ1v) is 12.9. The van der Waals surface area contributed by atoms with Crippen LogP contribution >= 0.6 is 11.6 Å². The number of hydrogen-bond donors (Lipinski definition) is 1. The SMILES string of the molecule is O=C(c1nnn(Cc2cc(C(F)(F)F)cc(C(F)(F)F)c2)c1-c1ccccc1)c1c(-c2ccccc2Cl)nnn1CCO. The minimum absolute atomic E-state index is 0.0263. The highest BCUT2D eigenvalue weighted by Gasteiger charge is 2.37. The van der Waals surface area contributed by atoms with Gasteiger partial charge in [0.1, 0.15) is 17.1 Å². The van der Waals surface area contributed by atoms with Crippen LogP contribution in [0.15, 0.2) is 72.8 Å². The molecule has 0 fully saturated rings. The second-order valence-corrected chi connectivity index (χ2v) is 9.67. The first-order valence-electron chi connectivity index (χ1n) is 12.5. The lowest BCUT2D eigenvalue weighted by atomic mass is 10.0. The first kappa shape index (κ1) is 29.9. The van der Waals surface area contributed by atoms with Crippen LogP contribution < -0.4 is 0 Å². The van der Waals surface area contributed by atoms with Gasteiger partial charge < -0.3 is 5.11 Å². The Morgan fingerprint density at radius 1 is 0.814 bits per heavy atom. The molecule has 0 amide bonds. The maximum absolute atomic E-state index is 14.1. The topological polar surface area (TPSA) is 98.7 Å². The van der Waals surface area contributed by atoms with Crippen LogP contribution in [0.3, 0.4) is 0 Å². The predicted molar refractivity (Wildman–Crippen MR) is 142 cm³/mol. The fourth-order valence-corrected chi connectivity index (χ4v) is 4.70. The van der Waals surface area contributed by atoms with E-state index in [-0.39, 0.29) is 46.0 Å². The molecule has 5 aromatic rings. The lowest BCUT2D eigenvalue weighted by molar-refractivity contribution is -0.143. The van der Waals surface area contributed by atoms with Crippen molar-refractivity contribution >= 4 is 17.4 Å². The summed E-state index contributed by atoms with van der Waals surface area (Å²) in [5.74, 6) is -0.765. The van der Waals surface area contributed by atoms with E-state index in [0.717, 1.165) is 9.36 Å². The van der Waals surface area contributed by atoms with E-state index < -0.39 is 42.4 Å². The molecule has 0 spiro atoms. The van der Waals surface area contributed by atoms with Crippen molar-refractivity contribution in [2.45, 2.75) is 25.4 Å². The smallest absolute Gasteiger partial charge is 0.394 e. The minimum Gasteiger partial charge on any atom is -0.394 e. The Balaban J connectivity index is 1.67. The summed E-state index contributed by atoms with van der Waals surface area (Å²) in [6, 6.07) is 15.8. The Bertz CT molecular complexity index is 1750. The van der Waals surface area contributed by atoms with Gasteiger partial charge in [0.05, 0.1) is 35.8 Å².